The topological polar surface area (TPSA) is 379 Å². The summed E-state index contributed by atoms with van der Waals surface area (Å²) < 4.78 is 0. The van der Waals surface area contributed by atoms with Gasteiger partial charge in [-0.15, -0.1) is 0 Å². The molecule has 0 saturated heterocycles. The highest BCUT2D eigenvalue weighted by molar-refractivity contribution is 5.98. The number of amides is 7. The number of primary amides is 1. The lowest BCUT2D eigenvalue weighted by Crippen LogP contribution is -2.63. The Morgan fingerprint density at radius 3 is 1.52 bits per heavy atom. The number of aliphatic hydroxyl groups is 2. The van der Waals surface area contributed by atoms with Crippen molar-refractivity contribution < 1.29 is 68.7 Å². The second-order valence-corrected chi connectivity index (χ2v) is 14.8. The number of carbonyl (C=O) groups is 9. The van der Waals surface area contributed by atoms with Crippen LogP contribution in [0.1, 0.15) is 58.1 Å². The summed E-state index contributed by atoms with van der Waals surface area (Å²) in [5.41, 5.74) is 12.2. The second kappa shape index (κ2) is 24.6. The fraction of sp³-hybridized carbons (Fsp3) is 0.475. The Balaban J connectivity index is 2.38. The third-order valence-corrected chi connectivity index (χ3v) is 9.59. The van der Waals surface area contributed by atoms with Crippen LogP contribution in [0.25, 0.3) is 0 Å². The average molecular weight is 873 g/mol. The fourth-order valence-electron chi connectivity index (χ4n) is 5.89. The normalized spacial score (nSPS) is 15.9. The van der Waals surface area contributed by atoms with Crippen molar-refractivity contribution in [2.24, 2.45) is 17.4 Å². The van der Waals surface area contributed by atoms with E-state index < -0.39 is 127 Å². The van der Waals surface area contributed by atoms with Gasteiger partial charge in [-0.1, -0.05) is 62.7 Å². The van der Waals surface area contributed by atoms with Crippen LogP contribution in [-0.4, -0.2) is 133 Å². The van der Waals surface area contributed by atoms with Crippen molar-refractivity contribution in [1.29, 1.82) is 0 Å². The van der Waals surface area contributed by atoms with Crippen molar-refractivity contribution in [2.45, 2.75) is 114 Å². The molecular weight excluding hydrogens is 816 g/mol. The Bertz CT molecular complexity index is 1900. The third-order valence-electron chi connectivity index (χ3n) is 9.59. The van der Waals surface area contributed by atoms with Crippen LogP contribution in [-0.2, 0) is 56.0 Å². The van der Waals surface area contributed by atoms with Crippen molar-refractivity contribution in [3.05, 3.63) is 65.7 Å². The molecule has 2 aromatic carbocycles. The van der Waals surface area contributed by atoms with Crippen LogP contribution < -0.4 is 43.4 Å². The minimum absolute atomic E-state index is 0.0817. The lowest BCUT2D eigenvalue weighted by atomic mass is 9.97. The van der Waals surface area contributed by atoms with E-state index in [9.17, 15) is 68.7 Å². The molecule has 0 bridgehead atoms. The zero-order valence-corrected chi connectivity index (χ0v) is 34.6. The van der Waals surface area contributed by atoms with Gasteiger partial charge < -0.3 is 68.9 Å². The molecule has 0 heterocycles. The van der Waals surface area contributed by atoms with Crippen LogP contribution in [0.3, 0.4) is 0 Å². The smallest absolute Gasteiger partial charge is 0.326 e. The Morgan fingerprint density at radius 1 is 0.565 bits per heavy atom. The molecule has 2 rings (SSSR count). The first-order chi connectivity index (χ1) is 29.0. The molecule has 0 aromatic heterocycles. The molecule has 340 valence electrons. The zero-order valence-electron chi connectivity index (χ0n) is 34.6. The summed E-state index contributed by atoms with van der Waals surface area (Å²) in [5, 5.41) is 63.6. The molecule has 15 N–H and O–H groups in total. The minimum Gasteiger partial charge on any atom is -0.508 e. The number of aromatic hydroxyl groups is 1. The number of phenolic OH excluding ortho intramolecular Hbond substituents is 1. The SMILES string of the molecule is CC[C@H](C)[C@H](NC(=O)[C@H](CC(=O)O)NC(=O)[C@H](Cc1ccc(O)cc1)NC(=O)[C@@H](NC(=O)[C@@H](NC(=O)[C@@H](N)Cc1ccccc1)[C@@H](C)O)[C@@H](C)O)C(=O)N[C@@H](CC(N)=O)C(=O)O. The molecule has 0 aliphatic carbocycles. The van der Waals surface area contributed by atoms with Crippen LogP contribution >= 0.6 is 0 Å². The van der Waals surface area contributed by atoms with E-state index in [0.717, 1.165) is 6.92 Å². The van der Waals surface area contributed by atoms with Gasteiger partial charge in [-0.2, -0.15) is 0 Å². The lowest BCUT2D eigenvalue weighted by molar-refractivity contribution is -0.144. The molecule has 62 heavy (non-hydrogen) atoms. The van der Waals surface area contributed by atoms with E-state index in [4.69, 9.17) is 11.5 Å². The van der Waals surface area contributed by atoms with Crippen molar-refractivity contribution >= 4 is 53.3 Å². The Hall–Kier alpha value is -6.65. The first kappa shape index (κ1) is 51.5. The third kappa shape index (κ3) is 16.8. The van der Waals surface area contributed by atoms with Crippen molar-refractivity contribution in [3.63, 3.8) is 0 Å². The standard InChI is InChI=1S/C40H56N8O14/c1-5-19(2)31(37(58)45-28(40(61)62)17-29(42)52)46-36(57)27(18-30(53)54)43-35(56)26(16-23-11-13-24(51)14-12-23)44-38(59)32(20(3)49)48-39(60)33(21(4)50)47-34(55)25(41)15-22-9-7-6-8-10-22/h6-14,19-21,25-28,31-33,49-51H,5,15-18,41H2,1-4H3,(H2,42,52)(H,43,56)(H,44,59)(H,45,58)(H,46,57)(H,47,55)(H,48,60)(H,53,54)(H,61,62)/t19-,20+,21+,25-,26-,27-,28-,31-,32-,33-/m0/s1. The molecule has 0 spiro atoms. The lowest BCUT2D eigenvalue weighted by Gasteiger charge is -2.29. The van der Waals surface area contributed by atoms with E-state index in [0.29, 0.717) is 11.1 Å². The summed E-state index contributed by atoms with van der Waals surface area (Å²) in [5.74, 6) is -11.6. The Morgan fingerprint density at radius 2 is 1.02 bits per heavy atom. The largest absolute Gasteiger partial charge is 0.508 e. The molecule has 22 heteroatoms. The highest BCUT2D eigenvalue weighted by Crippen LogP contribution is 2.14. The molecule has 0 aliphatic heterocycles. The number of nitrogens with two attached hydrogens (primary N) is 2. The van der Waals surface area contributed by atoms with Gasteiger partial charge in [0.1, 0.15) is 42.0 Å². The highest BCUT2D eigenvalue weighted by Gasteiger charge is 2.37. The number of carboxylic acid groups (broad SMARTS) is 2. The number of aliphatic hydroxyl groups excluding tert-OH is 2. The van der Waals surface area contributed by atoms with Gasteiger partial charge in [0.15, 0.2) is 0 Å². The number of benzene rings is 2. The predicted octanol–water partition coefficient (Wildman–Crippen LogP) is -3.34. The number of phenols is 1. The van der Waals surface area contributed by atoms with Crippen molar-refractivity contribution in [1.82, 2.24) is 31.9 Å². The van der Waals surface area contributed by atoms with E-state index in [1.807, 2.05) is 0 Å². The number of aliphatic carboxylic acids is 2. The van der Waals surface area contributed by atoms with E-state index in [1.165, 1.54) is 38.1 Å². The van der Waals surface area contributed by atoms with Crippen LogP contribution in [0.5, 0.6) is 5.75 Å². The molecule has 0 unspecified atom stereocenters. The molecule has 2 aromatic rings. The number of carbonyl (C=O) groups excluding carboxylic acids is 7. The number of hydrogen-bond donors (Lipinski definition) is 13. The summed E-state index contributed by atoms with van der Waals surface area (Å²) in [6, 6.07) is 2.45. The molecule has 10 atom stereocenters. The van der Waals surface area contributed by atoms with Gasteiger partial charge in [0, 0.05) is 6.42 Å². The molecule has 7 amide bonds. The van der Waals surface area contributed by atoms with Gasteiger partial charge in [-0.3, -0.25) is 38.4 Å². The molecular formula is C40H56N8O14. The summed E-state index contributed by atoms with van der Waals surface area (Å²) in [6.07, 6.45) is -5.10. The monoisotopic (exact) mass is 872 g/mol. The first-order valence-corrected chi connectivity index (χ1v) is 19.5. The zero-order chi connectivity index (χ0) is 46.8. The molecule has 0 fully saturated rings. The second-order valence-electron chi connectivity index (χ2n) is 14.8. The van der Waals surface area contributed by atoms with E-state index in [2.05, 4.69) is 31.9 Å². The van der Waals surface area contributed by atoms with Gasteiger partial charge >= 0.3 is 11.9 Å². The van der Waals surface area contributed by atoms with Gasteiger partial charge in [0.2, 0.25) is 41.4 Å². The summed E-state index contributed by atoms with van der Waals surface area (Å²) in [6.45, 7) is 5.45. The van der Waals surface area contributed by atoms with Gasteiger partial charge in [-0.25, -0.2) is 4.79 Å². The number of nitrogens with one attached hydrogen (secondary N) is 6. The molecule has 0 aliphatic rings. The molecule has 0 saturated carbocycles. The maximum Gasteiger partial charge on any atom is 0.326 e. The minimum atomic E-state index is -1.92. The van der Waals surface area contributed by atoms with Crippen LogP contribution in [0.2, 0.25) is 0 Å². The van der Waals surface area contributed by atoms with Crippen molar-refractivity contribution in [2.75, 3.05) is 0 Å². The van der Waals surface area contributed by atoms with E-state index >= 15 is 0 Å². The molecule has 22 nitrogen and oxygen atoms in total. The Kier molecular flexibility index (Phi) is 20.4. The van der Waals surface area contributed by atoms with Crippen LogP contribution in [0.4, 0.5) is 0 Å². The van der Waals surface area contributed by atoms with Crippen LogP contribution in [0.15, 0.2) is 54.6 Å². The molecule has 0 radical (unpaired) electrons. The number of rotatable bonds is 25. The van der Waals surface area contributed by atoms with E-state index in [-0.39, 0.29) is 25.0 Å². The van der Waals surface area contributed by atoms with Gasteiger partial charge in [0.05, 0.1) is 31.1 Å². The van der Waals surface area contributed by atoms with E-state index in [1.54, 1.807) is 37.3 Å². The maximum absolute atomic E-state index is 13.9. The Labute approximate surface area is 356 Å². The summed E-state index contributed by atoms with van der Waals surface area (Å²) in [7, 11) is 0. The van der Waals surface area contributed by atoms with Gasteiger partial charge in [-0.05, 0) is 49.4 Å². The number of hydrogen-bond acceptors (Lipinski definition) is 13. The maximum atomic E-state index is 13.9. The van der Waals surface area contributed by atoms with Crippen LogP contribution in [0, 0.1) is 5.92 Å². The predicted molar refractivity (Wildman–Crippen MR) is 218 cm³/mol. The summed E-state index contributed by atoms with van der Waals surface area (Å²) >= 11 is 0. The van der Waals surface area contributed by atoms with Gasteiger partial charge in [0.25, 0.3) is 0 Å². The fourth-order valence-corrected chi connectivity index (χ4v) is 5.89. The van der Waals surface area contributed by atoms with Crippen molar-refractivity contribution in [3.8, 4) is 5.75 Å². The highest BCUT2D eigenvalue weighted by atomic mass is 16.4. The average Bonchev–Trinajstić information content (AvgIpc) is 3.19. The summed E-state index contributed by atoms with van der Waals surface area (Å²) in [4.78, 5) is 116. The quantitative estimate of drug-likeness (QED) is 0.0464. The first-order valence-electron chi connectivity index (χ1n) is 19.5. The number of carboxylic acids is 2.